The average molecular weight is 330 g/mol. The van der Waals surface area contributed by atoms with E-state index >= 15 is 0 Å². The molecule has 0 aliphatic carbocycles. The molecule has 126 valence electrons. The molecular formula is C13H26N6O2S. The lowest BCUT2D eigenvalue weighted by Gasteiger charge is -2.24. The van der Waals surface area contributed by atoms with E-state index in [9.17, 15) is 8.42 Å². The fraction of sp³-hybridized carbons (Fsp3) is 0.846. The number of aromatic nitrogens is 3. The van der Waals surface area contributed by atoms with Crippen LogP contribution in [0.2, 0.25) is 0 Å². The fourth-order valence-corrected chi connectivity index (χ4v) is 3.34. The molecule has 0 aromatic carbocycles. The Morgan fingerprint density at radius 2 is 2.14 bits per heavy atom. The topological polar surface area (TPSA) is 97.3 Å². The van der Waals surface area contributed by atoms with E-state index < -0.39 is 10.0 Å². The number of nitrogens with two attached hydrogens (primary N) is 1. The minimum Gasteiger partial charge on any atom is -0.317 e. The van der Waals surface area contributed by atoms with Crippen LogP contribution in [0.4, 0.5) is 0 Å². The van der Waals surface area contributed by atoms with E-state index in [1.807, 2.05) is 18.5 Å². The summed E-state index contributed by atoms with van der Waals surface area (Å²) in [6.45, 7) is 5.45. The Morgan fingerprint density at radius 3 is 2.73 bits per heavy atom. The van der Waals surface area contributed by atoms with E-state index in [2.05, 4.69) is 27.0 Å². The van der Waals surface area contributed by atoms with Crippen molar-refractivity contribution in [3.63, 3.8) is 0 Å². The van der Waals surface area contributed by atoms with Gasteiger partial charge < -0.3 is 9.47 Å². The summed E-state index contributed by atoms with van der Waals surface area (Å²) < 4.78 is 23.9. The van der Waals surface area contributed by atoms with Gasteiger partial charge in [-0.15, -0.1) is 10.2 Å². The maximum Gasteiger partial charge on any atom is 0.209 e. The molecule has 2 heterocycles. The Labute approximate surface area is 132 Å². The van der Waals surface area contributed by atoms with E-state index in [0.29, 0.717) is 12.5 Å². The lowest BCUT2D eigenvalue weighted by Crippen LogP contribution is -2.35. The summed E-state index contributed by atoms with van der Waals surface area (Å²) in [5.74, 6) is 1.94. The molecule has 22 heavy (non-hydrogen) atoms. The molecule has 1 aliphatic rings. The number of hydrogen-bond acceptors (Lipinski definition) is 6. The van der Waals surface area contributed by atoms with Crippen LogP contribution in [0, 0.1) is 6.92 Å². The van der Waals surface area contributed by atoms with E-state index in [1.54, 1.807) is 0 Å². The molecule has 2 rings (SSSR count). The van der Waals surface area contributed by atoms with Crippen LogP contribution < -0.4 is 5.14 Å². The Balaban J connectivity index is 1.78. The molecule has 1 aliphatic heterocycles. The Bertz CT molecular complexity index is 600. The molecule has 8 nitrogen and oxygen atoms in total. The standard InChI is InChI=1S/C13H26N6O2S/c1-11-15-16-13(18(11)3)10-17(2)12-5-7-19(9-12)6-4-8-22(14,20)21/h12H,4-10H2,1-3H3,(H2,14,20,21)/t12-/m0/s1. The zero-order chi connectivity index (χ0) is 16.3. The summed E-state index contributed by atoms with van der Waals surface area (Å²) in [5.41, 5.74) is 0. The van der Waals surface area contributed by atoms with Crippen LogP contribution in [0.25, 0.3) is 0 Å². The van der Waals surface area contributed by atoms with Gasteiger partial charge in [-0.3, -0.25) is 4.90 Å². The Morgan fingerprint density at radius 1 is 1.41 bits per heavy atom. The highest BCUT2D eigenvalue weighted by atomic mass is 32.2. The van der Waals surface area contributed by atoms with Crippen molar-refractivity contribution in [2.75, 3.05) is 32.4 Å². The molecule has 0 amide bonds. The summed E-state index contributed by atoms with van der Waals surface area (Å²) in [6.07, 6.45) is 1.68. The maximum atomic E-state index is 11.0. The minimum absolute atomic E-state index is 0.0578. The second kappa shape index (κ2) is 7.03. The lowest BCUT2D eigenvalue weighted by atomic mass is 10.2. The number of aryl methyl sites for hydroxylation is 1. The summed E-state index contributed by atoms with van der Waals surface area (Å²) >= 11 is 0. The van der Waals surface area contributed by atoms with Crippen LogP contribution in [0.1, 0.15) is 24.5 Å². The number of likely N-dealkylation sites (tertiary alicyclic amines) is 1. The van der Waals surface area contributed by atoms with Gasteiger partial charge in [0.2, 0.25) is 10.0 Å². The van der Waals surface area contributed by atoms with Crippen molar-refractivity contribution >= 4 is 10.0 Å². The quantitative estimate of drug-likeness (QED) is 0.710. The molecule has 1 aromatic heterocycles. The molecule has 1 fully saturated rings. The monoisotopic (exact) mass is 330 g/mol. The highest BCUT2D eigenvalue weighted by molar-refractivity contribution is 7.89. The van der Waals surface area contributed by atoms with Crippen molar-refractivity contribution in [2.45, 2.75) is 32.4 Å². The summed E-state index contributed by atoms with van der Waals surface area (Å²) in [6, 6.07) is 0.464. The SMILES string of the molecule is Cc1nnc(CN(C)[C@H]2CCN(CCCS(N)(=O)=O)C2)n1C. The van der Waals surface area contributed by atoms with Gasteiger partial charge in [0.25, 0.3) is 0 Å². The van der Waals surface area contributed by atoms with Gasteiger partial charge in [-0.2, -0.15) is 0 Å². The first kappa shape index (κ1) is 17.3. The smallest absolute Gasteiger partial charge is 0.209 e. The first-order chi connectivity index (χ1) is 10.3. The summed E-state index contributed by atoms with van der Waals surface area (Å²) in [4.78, 5) is 4.59. The highest BCUT2D eigenvalue weighted by Gasteiger charge is 2.26. The van der Waals surface area contributed by atoms with Gasteiger partial charge in [0.1, 0.15) is 11.6 Å². The maximum absolute atomic E-state index is 11.0. The van der Waals surface area contributed by atoms with Gasteiger partial charge in [-0.1, -0.05) is 0 Å². The molecule has 0 bridgehead atoms. The second-order valence-corrected chi connectivity index (χ2v) is 7.84. The second-order valence-electron chi connectivity index (χ2n) is 6.10. The molecule has 0 unspecified atom stereocenters. The lowest BCUT2D eigenvalue weighted by molar-refractivity contribution is 0.218. The van der Waals surface area contributed by atoms with Gasteiger partial charge in [0.05, 0.1) is 12.3 Å². The van der Waals surface area contributed by atoms with Crippen LogP contribution in [0.15, 0.2) is 0 Å². The van der Waals surface area contributed by atoms with Crippen molar-refractivity contribution in [1.29, 1.82) is 0 Å². The Hall–Kier alpha value is -1.03. The van der Waals surface area contributed by atoms with E-state index in [1.165, 1.54) is 0 Å². The zero-order valence-electron chi connectivity index (χ0n) is 13.6. The molecule has 1 atom stereocenters. The molecule has 1 aromatic rings. The van der Waals surface area contributed by atoms with Crippen LogP contribution >= 0.6 is 0 Å². The molecule has 2 N–H and O–H groups in total. The van der Waals surface area contributed by atoms with Crippen molar-refractivity contribution in [3.05, 3.63) is 11.6 Å². The van der Waals surface area contributed by atoms with Crippen LogP contribution in [0.5, 0.6) is 0 Å². The van der Waals surface area contributed by atoms with Crippen molar-refractivity contribution in [2.24, 2.45) is 12.2 Å². The Kier molecular flexibility index (Phi) is 5.54. The van der Waals surface area contributed by atoms with Crippen LogP contribution in [-0.2, 0) is 23.6 Å². The number of rotatable bonds is 7. The molecule has 9 heteroatoms. The van der Waals surface area contributed by atoms with Gasteiger partial charge in [0.15, 0.2) is 0 Å². The molecule has 0 saturated carbocycles. The number of hydrogen-bond donors (Lipinski definition) is 1. The molecule has 1 saturated heterocycles. The minimum atomic E-state index is -3.34. The third-order valence-electron chi connectivity index (χ3n) is 4.35. The van der Waals surface area contributed by atoms with Crippen molar-refractivity contribution < 1.29 is 8.42 Å². The third kappa shape index (κ3) is 4.73. The van der Waals surface area contributed by atoms with Gasteiger partial charge in [-0.25, -0.2) is 13.6 Å². The zero-order valence-corrected chi connectivity index (χ0v) is 14.4. The molecule has 0 spiro atoms. The van der Waals surface area contributed by atoms with E-state index in [0.717, 1.165) is 44.2 Å². The van der Waals surface area contributed by atoms with Crippen LogP contribution in [0.3, 0.4) is 0 Å². The first-order valence-electron chi connectivity index (χ1n) is 7.54. The summed E-state index contributed by atoms with van der Waals surface area (Å²) in [5, 5.41) is 13.3. The van der Waals surface area contributed by atoms with Crippen molar-refractivity contribution in [1.82, 2.24) is 24.6 Å². The first-order valence-corrected chi connectivity index (χ1v) is 9.26. The normalized spacial score (nSPS) is 20.1. The third-order valence-corrected chi connectivity index (χ3v) is 5.21. The number of likely N-dealkylation sites (N-methyl/N-ethyl adjacent to an activating group) is 1. The average Bonchev–Trinajstić information content (AvgIpc) is 3.00. The predicted molar refractivity (Wildman–Crippen MR) is 84.6 cm³/mol. The number of nitrogens with zero attached hydrogens (tertiary/aromatic N) is 5. The van der Waals surface area contributed by atoms with E-state index in [4.69, 9.17) is 5.14 Å². The molecule has 0 radical (unpaired) electrons. The number of primary sulfonamides is 1. The summed E-state index contributed by atoms with van der Waals surface area (Å²) in [7, 11) is 0.735. The fourth-order valence-electron chi connectivity index (χ4n) is 2.81. The van der Waals surface area contributed by atoms with Gasteiger partial charge in [0, 0.05) is 19.6 Å². The highest BCUT2D eigenvalue weighted by Crippen LogP contribution is 2.16. The van der Waals surface area contributed by atoms with Gasteiger partial charge in [-0.05, 0) is 39.9 Å². The van der Waals surface area contributed by atoms with Gasteiger partial charge >= 0.3 is 0 Å². The predicted octanol–water partition coefficient (Wildman–Crippen LogP) is -0.692. The largest absolute Gasteiger partial charge is 0.317 e. The van der Waals surface area contributed by atoms with Crippen molar-refractivity contribution in [3.8, 4) is 0 Å². The van der Waals surface area contributed by atoms with Crippen LogP contribution in [-0.4, -0.2) is 71.5 Å². The van der Waals surface area contributed by atoms with E-state index in [-0.39, 0.29) is 5.75 Å². The number of sulfonamides is 1. The molecular weight excluding hydrogens is 304 g/mol.